The molecule has 3 nitrogen and oxygen atoms in total. The number of halogens is 1. The van der Waals surface area contributed by atoms with E-state index >= 15 is 0 Å². The number of carbonyl (C=O) groups is 1. The van der Waals surface area contributed by atoms with E-state index in [0.717, 1.165) is 10.0 Å². The summed E-state index contributed by atoms with van der Waals surface area (Å²) >= 11 is 5.03. The highest BCUT2D eigenvalue weighted by molar-refractivity contribution is 9.10. The monoisotopic (exact) mass is 436 g/mol. The molecule has 0 saturated heterocycles. The van der Waals surface area contributed by atoms with Crippen molar-refractivity contribution < 1.29 is 4.79 Å². The van der Waals surface area contributed by atoms with Crippen LogP contribution < -0.4 is 5.43 Å². The normalized spacial score (nSPS) is 12.8. The van der Waals surface area contributed by atoms with E-state index in [1.54, 1.807) is 18.0 Å². The molecule has 1 aliphatic carbocycles. The van der Waals surface area contributed by atoms with Crippen molar-refractivity contribution in [2.45, 2.75) is 5.25 Å². The van der Waals surface area contributed by atoms with Gasteiger partial charge >= 0.3 is 0 Å². The second-order valence-corrected chi connectivity index (χ2v) is 8.22. The standard InChI is InChI=1S/C22H17BrN2OS/c23-16-11-9-15(10-12-16)13-24-25-21(26)14-27-22-19-7-3-1-5-17(19)18-6-2-4-8-20(18)22/h1-13,22H,14H2,(H,25,26)/b24-13-. The summed E-state index contributed by atoms with van der Waals surface area (Å²) in [5, 5.41) is 4.23. The molecule has 27 heavy (non-hydrogen) atoms. The smallest absolute Gasteiger partial charge is 0.250 e. The first-order chi connectivity index (χ1) is 13.2. The Bertz CT molecular complexity index is 956. The zero-order valence-electron chi connectivity index (χ0n) is 14.4. The number of fused-ring (bicyclic) bond motifs is 3. The third-order valence-corrected chi connectivity index (χ3v) is 6.23. The van der Waals surface area contributed by atoms with E-state index in [4.69, 9.17) is 0 Å². The summed E-state index contributed by atoms with van der Waals surface area (Å²) in [4.78, 5) is 12.2. The SMILES string of the molecule is O=C(CSC1c2ccccc2-c2ccccc21)N/N=C\c1ccc(Br)cc1. The minimum atomic E-state index is -0.102. The predicted octanol–water partition coefficient (Wildman–Crippen LogP) is 5.40. The van der Waals surface area contributed by atoms with E-state index in [9.17, 15) is 4.79 Å². The number of rotatable bonds is 5. The fraction of sp³-hybridized carbons (Fsp3) is 0.0909. The maximum atomic E-state index is 12.2. The molecule has 0 radical (unpaired) electrons. The van der Waals surface area contributed by atoms with Crippen LogP contribution in [0, 0.1) is 0 Å². The summed E-state index contributed by atoms with van der Waals surface area (Å²) in [6.07, 6.45) is 1.65. The average molecular weight is 437 g/mol. The van der Waals surface area contributed by atoms with Gasteiger partial charge < -0.3 is 0 Å². The topological polar surface area (TPSA) is 41.5 Å². The van der Waals surface area contributed by atoms with Gasteiger partial charge in [0.2, 0.25) is 5.91 Å². The van der Waals surface area contributed by atoms with Gasteiger partial charge in [0.1, 0.15) is 0 Å². The van der Waals surface area contributed by atoms with E-state index in [1.165, 1.54) is 22.3 Å². The van der Waals surface area contributed by atoms with Gasteiger partial charge in [0, 0.05) is 4.47 Å². The lowest BCUT2D eigenvalue weighted by Crippen LogP contribution is -2.20. The molecule has 4 rings (SSSR count). The van der Waals surface area contributed by atoms with Gasteiger partial charge in [0.15, 0.2) is 0 Å². The number of nitrogens with one attached hydrogen (secondary N) is 1. The Labute approximate surface area is 171 Å². The van der Waals surface area contributed by atoms with Crippen LogP contribution in [0.1, 0.15) is 21.9 Å². The zero-order chi connectivity index (χ0) is 18.6. The van der Waals surface area contributed by atoms with Crippen molar-refractivity contribution in [2.24, 2.45) is 5.10 Å². The second kappa shape index (κ2) is 8.11. The minimum Gasteiger partial charge on any atom is -0.272 e. The molecule has 1 N–H and O–H groups in total. The van der Waals surface area contributed by atoms with Gasteiger partial charge in [-0.25, -0.2) is 5.43 Å². The molecule has 134 valence electrons. The Morgan fingerprint density at radius 3 is 2.19 bits per heavy atom. The lowest BCUT2D eigenvalue weighted by Gasteiger charge is -2.12. The number of hydrogen-bond donors (Lipinski definition) is 1. The van der Waals surface area contributed by atoms with Crippen LogP contribution in [0.2, 0.25) is 0 Å². The van der Waals surface area contributed by atoms with Crippen molar-refractivity contribution in [1.82, 2.24) is 5.43 Å². The van der Waals surface area contributed by atoms with E-state index in [2.05, 4.69) is 75.0 Å². The maximum absolute atomic E-state index is 12.2. The number of thioether (sulfide) groups is 1. The van der Waals surface area contributed by atoms with Crippen molar-refractivity contribution in [3.05, 3.63) is 94.0 Å². The Morgan fingerprint density at radius 1 is 0.963 bits per heavy atom. The Morgan fingerprint density at radius 2 is 1.56 bits per heavy atom. The highest BCUT2D eigenvalue weighted by atomic mass is 79.9. The van der Waals surface area contributed by atoms with Crippen LogP contribution >= 0.6 is 27.7 Å². The molecule has 0 fully saturated rings. The van der Waals surface area contributed by atoms with Crippen molar-refractivity contribution >= 4 is 39.8 Å². The second-order valence-electron chi connectivity index (χ2n) is 6.21. The predicted molar refractivity (Wildman–Crippen MR) is 116 cm³/mol. The van der Waals surface area contributed by atoms with Crippen molar-refractivity contribution in [2.75, 3.05) is 5.75 Å². The first-order valence-electron chi connectivity index (χ1n) is 8.59. The van der Waals surface area contributed by atoms with E-state index in [0.29, 0.717) is 5.75 Å². The number of hydrazone groups is 1. The molecular weight excluding hydrogens is 420 g/mol. The third-order valence-electron chi connectivity index (χ3n) is 4.43. The highest BCUT2D eigenvalue weighted by Crippen LogP contribution is 2.49. The maximum Gasteiger partial charge on any atom is 0.250 e. The molecular formula is C22H17BrN2OS. The number of nitrogens with zero attached hydrogens (tertiary/aromatic N) is 1. The molecule has 1 amide bonds. The molecule has 0 aromatic heterocycles. The average Bonchev–Trinajstić information content (AvgIpc) is 3.02. The molecule has 0 aliphatic heterocycles. The van der Waals surface area contributed by atoms with E-state index in [1.807, 2.05) is 24.3 Å². The first kappa shape index (κ1) is 18.0. The molecule has 0 bridgehead atoms. The summed E-state index contributed by atoms with van der Waals surface area (Å²) in [5.74, 6) is 0.251. The third kappa shape index (κ3) is 3.99. The lowest BCUT2D eigenvalue weighted by atomic mass is 10.1. The van der Waals surface area contributed by atoms with Gasteiger partial charge in [0.25, 0.3) is 0 Å². The van der Waals surface area contributed by atoms with E-state index in [-0.39, 0.29) is 11.2 Å². The largest absolute Gasteiger partial charge is 0.272 e. The quantitative estimate of drug-likeness (QED) is 0.429. The molecule has 0 saturated carbocycles. The van der Waals surface area contributed by atoms with Crippen LogP contribution in [-0.2, 0) is 4.79 Å². The summed E-state index contributed by atoms with van der Waals surface area (Å²) in [6, 6.07) is 24.6. The molecule has 0 spiro atoms. The summed E-state index contributed by atoms with van der Waals surface area (Å²) < 4.78 is 1.01. The minimum absolute atomic E-state index is 0.102. The number of carbonyl (C=O) groups excluding carboxylic acids is 1. The summed E-state index contributed by atoms with van der Waals surface area (Å²) in [6.45, 7) is 0. The zero-order valence-corrected chi connectivity index (χ0v) is 16.8. The molecule has 3 aromatic rings. The van der Waals surface area contributed by atoms with Crippen LogP contribution in [0.15, 0.2) is 82.4 Å². The van der Waals surface area contributed by atoms with Crippen molar-refractivity contribution in [3.63, 3.8) is 0 Å². The van der Waals surface area contributed by atoms with Crippen LogP contribution in [0.25, 0.3) is 11.1 Å². The Hall–Kier alpha value is -2.37. The van der Waals surface area contributed by atoms with Crippen LogP contribution in [0.5, 0.6) is 0 Å². The van der Waals surface area contributed by atoms with Gasteiger partial charge in [-0.3, -0.25) is 4.79 Å². The number of hydrogen-bond acceptors (Lipinski definition) is 3. The molecule has 3 aromatic carbocycles. The van der Waals surface area contributed by atoms with Crippen molar-refractivity contribution in [1.29, 1.82) is 0 Å². The number of benzene rings is 3. The molecule has 0 atom stereocenters. The van der Waals surface area contributed by atoms with Crippen molar-refractivity contribution in [3.8, 4) is 11.1 Å². The van der Waals surface area contributed by atoms with Gasteiger partial charge in [-0.1, -0.05) is 76.6 Å². The van der Waals surface area contributed by atoms with Gasteiger partial charge in [-0.05, 0) is 39.9 Å². The molecule has 5 heteroatoms. The van der Waals surface area contributed by atoms with Gasteiger partial charge in [0.05, 0.1) is 17.2 Å². The molecule has 0 heterocycles. The van der Waals surface area contributed by atoms with Crippen LogP contribution in [-0.4, -0.2) is 17.9 Å². The molecule has 0 unspecified atom stereocenters. The Balaban J connectivity index is 1.40. The Kier molecular flexibility index (Phi) is 5.41. The van der Waals surface area contributed by atoms with Gasteiger partial charge in [-0.15, -0.1) is 11.8 Å². The fourth-order valence-corrected chi connectivity index (χ4v) is 4.62. The van der Waals surface area contributed by atoms with Crippen LogP contribution in [0.3, 0.4) is 0 Å². The summed E-state index contributed by atoms with van der Waals surface area (Å²) in [7, 11) is 0. The van der Waals surface area contributed by atoms with Crippen LogP contribution in [0.4, 0.5) is 0 Å². The number of amides is 1. The highest BCUT2D eigenvalue weighted by Gasteiger charge is 2.28. The summed E-state index contributed by atoms with van der Waals surface area (Å²) in [5.41, 5.74) is 8.62. The molecule has 1 aliphatic rings. The van der Waals surface area contributed by atoms with Gasteiger partial charge in [-0.2, -0.15) is 5.10 Å². The van der Waals surface area contributed by atoms with E-state index < -0.39 is 0 Å². The fourth-order valence-electron chi connectivity index (χ4n) is 3.21. The lowest BCUT2D eigenvalue weighted by molar-refractivity contribution is -0.118. The first-order valence-corrected chi connectivity index (χ1v) is 10.4.